The molecule has 25 heavy (non-hydrogen) atoms. The van der Waals surface area contributed by atoms with Gasteiger partial charge in [0.15, 0.2) is 0 Å². The molecule has 1 aromatic heterocycles. The summed E-state index contributed by atoms with van der Waals surface area (Å²) in [5.74, 6) is 0. The van der Waals surface area contributed by atoms with Gasteiger partial charge in [0, 0.05) is 28.1 Å². The highest BCUT2D eigenvalue weighted by Gasteiger charge is 2.11. The maximum Gasteiger partial charge on any atom is 0.269 e. The third-order valence-corrected chi connectivity index (χ3v) is 4.50. The van der Waals surface area contributed by atoms with E-state index in [0.717, 1.165) is 11.1 Å². The summed E-state index contributed by atoms with van der Waals surface area (Å²) in [6.45, 7) is 0. The summed E-state index contributed by atoms with van der Waals surface area (Å²) in [5, 5.41) is 23.1. The smallest absolute Gasteiger partial charge is 0.258 e. The summed E-state index contributed by atoms with van der Waals surface area (Å²) in [6.07, 6.45) is 1.73. The van der Waals surface area contributed by atoms with Gasteiger partial charge in [0.25, 0.3) is 5.69 Å². The molecule has 1 heterocycles. The molecule has 5 nitrogen and oxygen atoms in total. The van der Waals surface area contributed by atoms with E-state index in [1.165, 1.54) is 23.5 Å². The van der Waals surface area contributed by atoms with Gasteiger partial charge in [-0.3, -0.25) is 10.1 Å². The Morgan fingerprint density at radius 2 is 2.04 bits per heavy atom. The molecule has 0 spiro atoms. The van der Waals surface area contributed by atoms with Crippen molar-refractivity contribution in [3.05, 3.63) is 79.6 Å². The van der Waals surface area contributed by atoms with Crippen molar-refractivity contribution in [1.29, 1.82) is 5.26 Å². The van der Waals surface area contributed by atoms with Gasteiger partial charge >= 0.3 is 0 Å². The van der Waals surface area contributed by atoms with Crippen LogP contribution in [0.15, 0.2) is 53.9 Å². The van der Waals surface area contributed by atoms with Crippen LogP contribution in [0.25, 0.3) is 22.9 Å². The van der Waals surface area contributed by atoms with Gasteiger partial charge in [-0.25, -0.2) is 4.98 Å². The Bertz CT molecular complexity index is 1000. The molecule has 0 aliphatic carbocycles. The average molecular weight is 368 g/mol. The monoisotopic (exact) mass is 367 g/mol. The van der Waals surface area contributed by atoms with Gasteiger partial charge in [0.1, 0.15) is 11.1 Å². The van der Waals surface area contributed by atoms with E-state index in [1.54, 1.807) is 30.3 Å². The lowest BCUT2D eigenvalue weighted by molar-refractivity contribution is -0.384. The normalized spacial score (nSPS) is 11.1. The van der Waals surface area contributed by atoms with Crippen LogP contribution in [0, 0.1) is 21.4 Å². The summed E-state index contributed by atoms with van der Waals surface area (Å²) >= 11 is 7.31. The molecule has 0 bridgehead atoms. The number of halogens is 1. The number of hydrogen-bond acceptors (Lipinski definition) is 5. The first kappa shape index (κ1) is 16.8. The summed E-state index contributed by atoms with van der Waals surface area (Å²) in [5.41, 5.74) is 2.70. The third-order valence-electron chi connectivity index (χ3n) is 3.39. The predicted molar refractivity (Wildman–Crippen MR) is 99.1 cm³/mol. The van der Waals surface area contributed by atoms with E-state index in [4.69, 9.17) is 11.6 Å². The van der Waals surface area contributed by atoms with E-state index in [0.29, 0.717) is 21.3 Å². The number of nitro groups is 1. The van der Waals surface area contributed by atoms with Crippen molar-refractivity contribution >= 4 is 40.3 Å². The Balaban J connectivity index is 1.91. The lowest BCUT2D eigenvalue weighted by Gasteiger charge is -1.97. The molecule has 0 fully saturated rings. The van der Waals surface area contributed by atoms with Gasteiger partial charge in [0.05, 0.1) is 16.2 Å². The van der Waals surface area contributed by atoms with Gasteiger partial charge in [-0.15, -0.1) is 11.3 Å². The minimum absolute atomic E-state index is 0.0257. The number of thiazole rings is 1. The molecule has 122 valence electrons. The fourth-order valence-electron chi connectivity index (χ4n) is 2.19. The third kappa shape index (κ3) is 3.91. The van der Waals surface area contributed by atoms with E-state index >= 15 is 0 Å². The summed E-state index contributed by atoms with van der Waals surface area (Å²) in [4.78, 5) is 14.7. The molecule has 0 atom stereocenters. The fourth-order valence-corrected chi connectivity index (χ4v) is 3.18. The maximum absolute atomic E-state index is 10.7. The van der Waals surface area contributed by atoms with Crippen molar-refractivity contribution in [2.45, 2.75) is 0 Å². The molecule has 0 saturated carbocycles. The Kier molecular flexibility index (Phi) is 4.89. The van der Waals surface area contributed by atoms with Crippen LogP contribution in [-0.4, -0.2) is 9.91 Å². The molecule has 0 N–H and O–H groups in total. The molecule has 0 saturated heterocycles. The number of allylic oxidation sites excluding steroid dienone is 1. The molecular weight excluding hydrogens is 358 g/mol. The van der Waals surface area contributed by atoms with Crippen molar-refractivity contribution < 1.29 is 4.92 Å². The van der Waals surface area contributed by atoms with Crippen molar-refractivity contribution in [1.82, 2.24) is 4.98 Å². The van der Waals surface area contributed by atoms with Crippen LogP contribution < -0.4 is 0 Å². The van der Waals surface area contributed by atoms with Crippen LogP contribution >= 0.6 is 22.9 Å². The second kappa shape index (κ2) is 7.26. The number of nitriles is 1. The minimum atomic E-state index is -0.447. The van der Waals surface area contributed by atoms with Crippen LogP contribution in [0.1, 0.15) is 10.6 Å². The second-order valence-corrected chi connectivity index (χ2v) is 6.36. The molecule has 2 aromatic carbocycles. The highest BCUT2D eigenvalue weighted by Crippen LogP contribution is 2.28. The first-order chi connectivity index (χ1) is 12.1. The standard InChI is InChI=1S/C18H10ClN3O2S/c19-15-3-1-2-12(9-15)8-14(10-20)18-21-17(11-25-18)13-4-6-16(7-5-13)22(23)24/h1-9,11H/b14-8+. The highest BCUT2D eigenvalue weighted by molar-refractivity contribution is 7.11. The van der Waals surface area contributed by atoms with Gasteiger partial charge < -0.3 is 0 Å². The van der Waals surface area contributed by atoms with Gasteiger partial charge in [-0.05, 0) is 35.9 Å². The number of nitrogens with zero attached hydrogens (tertiary/aromatic N) is 3. The molecule has 0 amide bonds. The Morgan fingerprint density at radius 3 is 2.68 bits per heavy atom. The Morgan fingerprint density at radius 1 is 1.28 bits per heavy atom. The van der Waals surface area contributed by atoms with E-state index in [1.807, 2.05) is 17.5 Å². The largest absolute Gasteiger partial charge is 0.269 e. The van der Waals surface area contributed by atoms with Crippen LogP contribution in [-0.2, 0) is 0 Å². The van der Waals surface area contributed by atoms with Crippen LogP contribution in [0.3, 0.4) is 0 Å². The molecule has 7 heteroatoms. The first-order valence-corrected chi connectivity index (χ1v) is 8.40. The topological polar surface area (TPSA) is 79.8 Å². The number of nitro benzene ring substituents is 1. The number of rotatable bonds is 4. The minimum Gasteiger partial charge on any atom is -0.258 e. The number of non-ortho nitro benzene ring substituents is 1. The fraction of sp³-hybridized carbons (Fsp3) is 0. The quantitative estimate of drug-likeness (QED) is 0.349. The van der Waals surface area contributed by atoms with E-state index < -0.39 is 4.92 Å². The lowest BCUT2D eigenvalue weighted by Crippen LogP contribution is -1.87. The Hall–Kier alpha value is -3.01. The molecule has 0 unspecified atom stereocenters. The summed E-state index contributed by atoms with van der Waals surface area (Å²) in [6, 6.07) is 15.5. The number of benzene rings is 2. The number of hydrogen-bond donors (Lipinski definition) is 0. The van der Waals surface area contributed by atoms with Gasteiger partial charge in [0.2, 0.25) is 0 Å². The summed E-state index contributed by atoms with van der Waals surface area (Å²) < 4.78 is 0. The second-order valence-electron chi connectivity index (χ2n) is 5.07. The zero-order chi connectivity index (χ0) is 17.8. The molecule has 0 radical (unpaired) electrons. The maximum atomic E-state index is 10.7. The van der Waals surface area contributed by atoms with E-state index in [9.17, 15) is 15.4 Å². The Labute approximate surface area is 152 Å². The van der Waals surface area contributed by atoms with E-state index in [2.05, 4.69) is 11.1 Å². The highest BCUT2D eigenvalue weighted by atomic mass is 35.5. The van der Waals surface area contributed by atoms with Crippen molar-refractivity contribution in [3.63, 3.8) is 0 Å². The molecule has 0 aliphatic heterocycles. The SMILES string of the molecule is N#C/C(=C\c1cccc(Cl)c1)c1nc(-c2ccc([N+](=O)[O-])cc2)cs1. The average Bonchev–Trinajstić information content (AvgIpc) is 3.09. The van der Waals surface area contributed by atoms with Crippen molar-refractivity contribution in [2.75, 3.05) is 0 Å². The first-order valence-electron chi connectivity index (χ1n) is 7.15. The van der Waals surface area contributed by atoms with Gasteiger partial charge in [-0.2, -0.15) is 5.26 Å². The molecule has 3 aromatic rings. The van der Waals surface area contributed by atoms with Crippen molar-refractivity contribution in [2.24, 2.45) is 0 Å². The lowest BCUT2D eigenvalue weighted by atomic mass is 10.1. The van der Waals surface area contributed by atoms with Crippen molar-refractivity contribution in [3.8, 4) is 17.3 Å². The van der Waals surface area contributed by atoms with Gasteiger partial charge in [-0.1, -0.05) is 23.7 Å². The summed E-state index contributed by atoms with van der Waals surface area (Å²) in [7, 11) is 0. The molecular formula is C18H10ClN3O2S. The zero-order valence-electron chi connectivity index (χ0n) is 12.7. The molecule has 0 aliphatic rings. The molecule has 3 rings (SSSR count). The number of aromatic nitrogens is 1. The van der Waals surface area contributed by atoms with Crippen LogP contribution in [0.4, 0.5) is 5.69 Å². The van der Waals surface area contributed by atoms with E-state index in [-0.39, 0.29) is 5.69 Å². The predicted octanol–water partition coefficient (Wildman–Crippen LogP) is 5.44. The van der Waals surface area contributed by atoms with Crippen LogP contribution in [0.5, 0.6) is 0 Å². The van der Waals surface area contributed by atoms with Crippen LogP contribution in [0.2, 0.25) is 5.02 Å². The zero-order valence-corrected chi connectivity index (χ0v) is 14.3.